The van der Waals surface area contributed by atoms with Crippen LogP contribution in [-0.4, -0.2) is 24.3 Å². The van der Waals surface area contributed by atoms with Crippen LogP contribution >= 0.6 is 0 Å². The van der Waals surface area contributed by atoms with E-state index in [2.05, 4.69) is 14.9 Å². The number of hydrogen-bond acceptors (Lipinski definition) is 5. The number of hydrogen-bond donors (Lipinski definition) is 1. The zero-order valence-electron chi connectivity index (χ0n) is 10.8. The largest absolute Gasteiger partial charge is 0.334 e. The van der Waals surface area contributed by atoms with Gasteiger partial charge in [0.25, 0.3) is 5.89 Å². The fraction of sp³-hybridized carbons (Fsp3) is 0.333. The molecule has 0 aliphatic rings. The lowest BCUT2D eigenvalue weighted by atomic mass is 10.2. The van der Waals surface area contributed by atoms with Crippen LogP contribution in [0.15, 0.2) is 28.8 Å². The van der Waals surface area contributed by atoms with Crippen LogP contribution in [0.1, 0.15) is 19.2 Å². The molecule has 6 nitrogen and oxygen atoms in total. The molecule has 0 radical (unpaired) electrons. The summed E-state index contributed by atoms with van der Waals surface area (Å²) >= 11 is 0. The standard InChI is InChI=1S/C12H15N3O3S/c1-3-7-19(16,17)15-11-6-4-5-10(8-11)12-13-9(2)14-18-12/h4-6,8,15H,3,7H2,1-2H3. The van der Waals surface area contributed by atoms with Crippen LogP contribution in [0.4, 0.5) is 5.69 Å². The molecule has 7 heteroatoms. The lowest BCUT2D eigenvalue weighted by Crippen LogP contribution is -2.15. The third kappa shape index (κ3) is 3.54. The van der Waals surface area contributed by atoms with Gasteiger partial charge in [0.1, 0.15) is 0 Å². The highest BCUT2D eigenvalue weighted by atomic mass is 32.2. The summed E-state index contributed by atoms with van der Waals surface area (Å²) < 4.78 is 30.9. The van der Waals surface area contributed by atoms with Crippen LogP contribution in [0.25, 0.3) is 11.5 Å². The fourth-order valence-corrected chi connectivity index (χ4v) is 2.75. The van der Waals surface area contributed by atoms with Crippen LogP contribution in [-0.2, 0) is 10.0 Å². The fourth-order valence-electron chi connectivity index (χ4n) is 1.63. The predicted molar refractivity (Wildman–Crippen MR) is 72.2 cm³/mol. The Kier molecular flexibility index (Phi) is 3.84. The highest BCUT2D eigenvalue weighted by molar-refractivity contribution is 7.92. The van der Waals surface area contributed by atoms with E-state index < -0.39 is 10.0 Å². The molecule has 2 rings (SSSR count). The molecule has 0 unspecified atom stereocenters. The van der Waals surface area contributed by atoms with Gasteiger partial charge in [0.2, 0.25) is 10.0 Å². The second-order valence-corrected chi connectivity index (χ2v) is 5.99. The summed E-state index contributed by atoms with van der Waals surface area (Å²) in [7, 11) is -3.30. The first-order valence-corrected chi connectivity index (χ1v) is 7.56. The van der Waals surface area contributed by atoms with Gasteiger partial charge in [0.15, 0.2) is 5.82 Å². The molecule has 0 aliphatic carbocycles. The van der Waals surface area contributed by atoms with E-state index in [1.165, 1.54) is 0 Å². The van der Waals surface area contributed by atoms with Gasteiger partial charge in [-0.2, -0.15) is 4.98 Å². The summed E-state index contributed by atoms with van der Waals surface area (Å²) in [5.41, 5.74) is 1.17. The van der Waals surface area contributed by atoms with E-state index in [1.807, 2.05) is 6.92 Å². The smallest absolute Gasteiger partial charge is 0.257 e. The average molecular weight is 281 g/mol. The van der Waals surface area contributed by atoms with E-state index in [0.29, 0.717) is 29.4 Å². The van der Waals surface area contributed by atoms with Gasteiger partial charge in [-0.1, -0.05) is 18.1 Å². The van der Waals surface area contributed by atoms with Crippen LogP contribution < -0.4 is 4.72 Å². The van der Waals surface area contributed by atoms with Crippen molar-refractivity contribution in [3.8, 4) is 11.5 Å². The van der Waals surface area contributed by atoms with E-state index >= 15 is 0 Å². The third-order valence-corrected chi connectivity index (χ3v) is 3.88. The molecule has 0 amide bonds. The Balaban J connectivity index is 2.25. The Morgan fingerprint density at radius 3 is 2.79 bits per heavy atom. The van der Waals surface area contributed by atoms with Crippen LogP contribution in [0, 0.1) is 6.92 Å². The van der Waals surface area contributed by atoms with Gasteiger partial charge in [-0.05, 0) is 31.5 Å². The minimum absolute atomic E-state index is 0.0941. The number of aromatic nitrogens is 2. The molecule has 0 saturated carbocycles. The van der Waals surface area contributed by atoms with Gasteiger partial charge in [0.05, 0.1) is 5.75 Å². The van der Waals surface area contributed by atoms with Gasteiger partial charge in [0, 0.05) is 11.3 Å². The average Bonchev–Trinajstić information content (AvgIpc) is 2.75. The van der Waals surface area contributed by atoms with E-state index in [4.69, 9.17) is 4.52 Å². The molecular formula is C12H15N3O3S. The Morgan fingerprint density at radius 1 is 1.37 bits per heavy atom. The SMILES string of the molecule is CCCS(=O)(=O)Nc1cccc(-c2nc(C)no2)c1. The summed E-state index contributed by atoms with van der Waals surface area (Å²) in [6.45, 7) is 3.54. The lowest BCUT2D eigenvalue weighted by molar-refractivity contribution is 0.425. The van der Waals surface area contributed by atoms with E-state index in [-0.39, 0.29) is 5.75 Å². The van der Waals surface area contributed by atoms with Gasteiger partial charge in [-0.3, -0.25) is 4.72 Å². The number of sulfonamides is 1. The number of benzene rings is 1. The molecule has 1 aromatic heterocycles. The molecule has 0 fully saturated rings. The maximum absolute atomic E-state index is 11.7. The van der Waals surface area contributed by atoms with Crippen molar-refractivity contribution in [1.82, 2.24) is 10.1 Å². The van der Waals surface area contributed by atoms with Crippen molar-refractivity contribution >= 4 is 15.7 Å². The Bertz CT molecular complexity index is 664. The van der Waals surface area contributed by atoms with Crippen molar-refractivity contribution < 1.29 is 12.9 Å². The van der Waals surface area contributed by atoms with Crippen molar-refractivity contribution in [2.75, 3.05) is 10.5 Å². The van der Waals surface area contributed by atoms with Crippen LogP contribution in [0.3, 0.4) is 0 Å². The Labute approximate surface area is 111 Å². The summed E-state index contributed by atoms with van der Waals surface area (Å²) in [4.78, 5) is 4.10. The van der Waals surface area contributed by atoms with Crippen molar-refractivity contribution in [2.45, 2.75) is 20.3 Å². The van der Waals surface area contributed by atoms with Crippen LogP contribution in [0.2, 0.25) is 0 Å². The summed E-state index contributed by atoms with van der Waals surface area (Å²) in [5.74, 6) is 0.998. The van der Waals surface area contributed by atoms with E-state index in [0.717, 1.165) is 0 Å². The highest BCUT2D eigenvalue weighted by Gasteiger charge is 2.11. The number of rotatable bonds is 5. The minimum atomic E-state index is -3.30. The Hall–Kier alpha value is -1.89. The molecule has 0 saturated heterocycles. The van der Waals surface area contributed by atoms with Gasteiger partial charge < -0.3 is 4.52 Å². The molecule has 0 atom stereocenters. The second kappa shape index (κ2) is 5.40. The quantitative estimate of drug-likeness (QED) is 0.908. The molecule has 0 bridgehead atoms. The Morgan fingerprint density at radius 2 is 2.16 bits per heavy atom. The van der Waals surface area contributed by atoms with Gasteiger partial charge in [-0.25, -0.2) is 8.42 Å². The first-order chi connectivity index (χ1) is 9.00. The molecule has 0 aliphatic heterocycles. The van der Waals surface area contributed by atoms with Crippen molar-refractivity contribution in [3.05, 3.63) is 30.1 Å². The lowest BCUT2D eigenvalue weighted by Gasteiger charge is -2.07. The summed E-state index contributed by atoms with van der Waals surface area (Å²) in [6.07, 6.45) is 0.567. The highest BCUT2D eigenvalue weighted by Crippen LogP contribution is 2.21. The first kappa shape index (κ1) is 13.5. The van der Waals surface area contributed by atoms with E-state index in [9.17, 15) is 8.42 Å². The number of aryl methyl sites for hydroxylation is 1. The molecule has 102 valence electrons. The molecule has 2 aromatic rings. The zero-order chi connectivity index (χ0) is 13.9. The number of anilines is 1. The second-order valence-electron chi connectivity index (χ2n) is 4.15. The number of nitrogens with one attached hydrogen (secondary N) is 1. The normalized spacial score (nSPS) is 11.5. The zero-order valence-corrected chi connectivity index (χ0v) is 11.6. The van der Waals surface area contributed by atoms with Crippen LogP contribution in [0.5, 0.6) is 0 Å². The molecule has 1 N–H and O–H groups in total. The monoisotopic (exact) mass is 281 g/mol. The van der Waals surface area contributed by atoms with E-state index in [1.54, 1.807) is 31.2 Å². The van der Waals surface area contributed by atoms with Crippen molar-refractivity contribution in [2.24, 2.45) is 0 Å². The summed E-state index contributed by atoms with van der Waals surface area (Å²) in [6, 6.07) is 6.86. The van der Waals surface area contributed by atoms with Gasteiger partial charge in [-0.15, -0.1) is 0 Å². The molecule has 1 heterocycles. The van der Waals surface area contributed by atoms with Gasteiger partial charge >= 0.3 is 0 Å². The third-order valence-electron chi connectivity index (χ3n) is 2.38. The minimum Gasteiger partial charge on any atom is -0.334 e. The first-order valence-electron chi connectivity index (χ1n) is 5.91. The molecular weight excluding hydrogens is 266 g/mol. The summed E-state index contributed by atoms with van der Waals surface area (Å²) in [5, 5.41) is 3.70. The van der Waals surface area contributed by atoms with Crippen molar-refractivity contribution in [3.63, 3.8) is 0 Å². The molecule has 1 aromatic carbocycles. The topological polar surface area (TPSA) is 85.1 Å². The molecule has 0 spiro atoms. The number of nitrogens with zero attached hydrogens (tertiary/aromatic N) is 2. The predicted octanol–water partition coefficient (Wildman–Crippen LogP) is 2.20. The molecule has 19 heavy (non-hydrogen) atoms. The maximum atomic E-state index is 11.7. The van der Waals surface area contributed by atoms with Crippen molar-refractivity contribution in [1.29, 1.82) is 0 Å². The maximum Gasteiger partial charge on any atom is 0.257 e.